The van der Waals surface area contributed by atoms with Crippen molar-refractivity contribution < 1.29 is 0 Å². The first-order chi connectivity index (χ1) is 18.8. The number of aromatic nitrogens is 2. The molecule has 0 aliphatic carbocycles. The van der Waals surface area contributed by atoms with E-state index in [1.54, 1.807) is 12.4 Å². The van der Waals surface area contributed by atoms with Crippen LogP contribution in [0.15, 0.2) is 141 Å². The third-order valence-corrected chi connectivity index (χ3v) is 9.00. The summed E-state index contributed by atoms with van der Waals surface area (Å²) in [4.78, 5) is 13.8. The zero-order valence-electron chi connectivity index (χ0n) is 20.5. The van der Waals surface area contributed by atoms with E-state index in [1.807, 2.05) is 29.7 Å². The minimum Gasteiger partial charge on any atom is -0.381 e. The molecule has 1 aromatic heterocycles. The number of dihydropyridines is 1. The summed E-state index contributed by atoms with van der Waals surface area (Å²) >= 11 is 3.66. The number of rotatable bonds is 2. The molecule has 0 unspecified atom stereocenters. The largest absolute Gasteiger partial charge is 0.381 e. The van der Waals surface area contributed by atoms with Gasteiger partial charge in [-0.05, 0) is 58.2 Å². The molecule has 0 bridgehead atoms. The second-order valence-electron chi connectivity index (χ2n) is 9.10. The van der Waals surface area contributed by atoms with Gasteiger partial charge in [0.1, 0.15) is 0 Å². The van der Waals surface area contributed by atoms with Crippen molar-refractivity contribution in [2.75, 3.05) is 6.54 Å². The first-order valence-corrected chi connectivity index (χ1v) is 14.2. The van der Waals surface area contributed by atoms with E-state index in [0.717, 1.165) is 23.5 Å². The van der Waals surface area contributed by atoms with E-state index in [9.17, 15) is 0 Å². The quantitative estimate of drug-likeness (QED) is 0.245. The second-order valence-corrected chi connectivity index (χ2v) is 11.3. The van der Waals surface area contributed by atoms with Crippen molar-refractivity contribution in [2.45, 2.75) is 19.6 Å². The Labute approximate surface area is 230 Å². The van der Waals surface area contributed by atoms with Gasteiger partial charge in [-0.25, -0.2) is 0 Å². The van der Waals surface area contributed by atoms with E-state index in [1.165, 1.54) is 47.4 Å². The van der Waals surface area contributed by atoms with Gasteiger partial charge < -0.3 is 5.32 Å². The van der Waals surface area contributed by atoms with Gasteiger partial charge in [0.15, 0.2) is 0 Å². The van der Waals surface area contributed by atoms with Gasteiger partial charge in [-0.15, -0.1) is 0 Å². The molecular weight excluding hydrogens is 503 g/mol. The van der Waals surface area contributed by atoms with Gasteiger partial charge in [-0.1, -0.05) is 96.3 Å². The van der Waals surface area contributed by atoms with Gasteiger partial charge in [0.25, 0.3) is 0 Å². The fourth-order valence-electron chi connectivity index (χ4n) is 4.89. The Morgan fingerprint density at radius 1 is 0.632 bits per heavy atom. The number of allylic oxidation sites excluding steroid dienone is 2. The topological polar surface area (TPSA) is 37.8 Å². The van der Waals surface area contributed by atoms with Gasteiger partial charge >= 0.3 is 0 Å². The van der Waals surface area contributed by atoms with E-state index in [0.29, 0.717) is 0 Å². The van der Waals surface area contributed by atoms with Gasteiger partial charge in [-0.2, -0.15) is 0 Å². The SMILES string of the molecule is C1=CCNC(c2ccc3c(c2)Sc2ccccc2-c2ccccc2Sc2cc(-c4cnccn4)ccc2-3)=C1. The highest BCUT2D eigenvalue weighted by molar-refractivity contribution is 8.00. The summed E-state index contributed by atoms with van der Waals surface area (Å²) in [6.07, 6.45) is 11.7. The summed E-state index contributed by atoms with van der Waals surface area (Å²) < 4.78 is 0. The van der Waals surface area contributed by atoms with Crippen molar-refractivity contribution in [1.82, 2.24) is 15.3 Å². The second kappa shape index (κ2) is 10.0. The molecule has 2 aliphatic heterocycles. The van der Waals surface area contributed by atoms with E-state index in [-0.39, 0.29) is 0 Å². The lowest BCUT2D eigenvalue weighted by Gasteiger charge is -2.21. The molecule has 7 rings (SSSR count). The lowest BCUT2D eigenvalue weighted by Crippen LogP contribution is -2.14. The Bertz CT molecular complexity index is 1720. The molecule has 38 heavy (non-hydrogen) atoms. The lowest BCUT2D eigenvalue weighted by molar-refractivity contribution is 0.994. The summed E-state index contributed by atoms with van der Waals surface area (Å²) in [5.41, 5.74) is 9.24. The Kier molecular flexibility index (Phi) is 6.08. The predicted octanol–water partition coefficient (Wildman–Crippen LogP) is 8.59. The Balaban J connectivity index is 1.47. The maximum Gasteiger partial charge on any atom is 0.0885 e. The molecule has 0 spiro atoms. The van der Waals surface area contributed by atoms with Crippen molar-refractivity contribution >= 4 is 29.2 Å². The van der Waals surface area contributed by atoms with Crippen LogP contribution in [0.25, 0.3) is 39.2 Å². The molecule has 0 atom stereocenters. The summed E-state index contributed by atoms with van der Waals surface area (Å²) in [5, 5.41) is 3.52. The summed E-state index contributed by atoms with van der Waals surface area (Å²) in [7, 11) is 0. The van der Waals surface area contributed by atoms with Crippen molar-refractivity contribution in [3.63, 3.8) is 0 Å². The zero-order valence-corrected chi connectivity index (χ0v) is 22.1. The van der Waals surface area contributed by atoms with Crippen LogP contribution in [0.5, 0.6) is 0 Å². The third kappa shape index (κ3) is 4.34. The van der Waals surface area contributed by atoms with Crippen LogP contribution in [-0.2, 0) is 0 Å². The van der Waals surface area contributed by atoms with Crippen LogP contribution in [0.4, 0.5) is 0 Å². The van der Waals surface area contributed by atoms with Crippen LogP contribution in [0, 0.1) is 0 Å². The molecule has 2 aliphatic rings. The Hall–Kier alpha value is -4.06. The van der Waals surface area contributed by atoms with Gasteiger partial charge in [-0.3, -0.25) is 9.97 Å². The van der Waals surface area contributed by atoms with Crippen molar-refractivity contribution in [1.29, 1.82) is 0 Å². The Morgan fingerprint density at radius 3 is 1.89 bits per heavy atom. The molecule has 1 N–H and O–H groups in total. The van der Waals surface area contributed by atoms with E-state index in [2.05, 4.69) is 118 Å². The molecule has 0 saturated heterocycles. The average molecular weight is 526 g/mol. The number of benzene rings is 4. The monoisotopic (exact) mass is 525 g/mol. The highest BCUT2D eigenvalue weighted by Crippen LogP contribution is 2.49. The fraction of sp³-hybridized carbons (Fsp3) is 0.0303. The van der Waals surface area contributed by atoms with Gasteiger partial charge in [0, 0.05) is 49.8 Å². The number of hydrogen-bond donors (Lipinski definition) is 1. The summed E-state index contributed by atoms with van der Waals surface area (Å²) in [5.74, 6) is 0. The molecule has 182 valence electrons. The molecular formula is C33H23N3S2. The zero-order chi connectivity index (χ0) is 25.3. The van der Waals surface area contributed by atoms with E-state index >= 15 is 0 Å². The number of hydrogen-bond acceptors (Lipinski definition) is 5. The predicted molar refractivity (Wildman–Crippen MR) is 158 cm³/mol. The van der Waals surface area contributed by atoms with Crippen LogP contribution in [0.3, 0.4) is 0 Å². The van der Waals surface area contributed by atoms with Crippen molar-refractivity contribution in [2.24, 2.45) is 0 Å². The van der Waals surface area contributed by atoms with Crippen LogP contribution in [0.1, 0.15) is 5.56 Å². The lowest BCUT2D eigenvalue weighted by atomic mass is 10.00. The molecule has 5 heteroatoms. The van der Waals surface area contributed by atoms with Crippen LogP contribution in [0.2, 0.25) is 0 Å². The van der Waals surface area contributed by atoms with Crippen LogP contribution < -0.4 is 5.32 Å². The molecule has 4 aromatic carbocycles. The fourth-order valence-corrected chi connectivity index (χ4v) is 7.18. The standard InChI is InChI=1S/C33H23N3S2/c1-3-10-30-24(7-1)25-8-2-4-11-31(25)38-33-20-23(29-21-34-17-18-36-29)13-15-27(33)26-14-12-22(19-32(26)37-30)28-9-5-6-16-35-28/h1-15,17-21,35H,16H2. The third-order valence-electron chi connectivity index (χ3n) is 6.74. The van der Waals surface area contributed by atoms with Crippen molar-refractivity contribution in [3.05, 3.63) is 127 Å². The first-order valence-electron chi connectivity index (χ1n) is 12.5. The molecule has 0 amide bonds. The smallest absolute Gasteiger partial charge is 0.0885 e. The number of nitrogens with zero attached hydrogens (tertiary/aromatic N) is 2. The van der Waals surface area contributed by atoms with Crippen molar-refractivity contribution in [3.8, 4) is 33.5 Å². The molecule has 5 aromatic rings. The van der Waals surface area contributed by atoms with Crippen LogP contribution in [-0.4, -0.2) is 16.5 Å². The number of nitrogens with one attached hydrogen (secondary N) is 1. The molecule has 0 fully saturated rings. The molecule has 3 heterocycles. The molecule has 0 saturated carbocycles. The minimum absolute atomic E-state index is 0.848. The Morgan fingerprint density at radius 2 is 1.26 bits per heavy atom. The normalized spacial score (nSPS) is 13.7. The molecule has 3 nitrogen and oxygen atoms in total. The highest BCUT2D eigenvalue weighted by atomic mass is 32.2. The molecule has 0 radical (unpaired) electrons. The maximum absolute atomic E-state index is 4.56. The summed E-state index contributed by atoms with van der Waals surface area (Å²) in [6, 6.07) is 30.9. The van der Waals surface area contributed by atoms with Gasteiger partial charge in [0.05, 0.1) is 11.9 Å². The number of fused-ring (bicyclic) bond motifs is 6. The van der Waals surface area contributed by atoms with Gasteiger partial charge in [0.2, 0.25) is 0 Å². The first kappa shape index (κ1) is 23.1. The maximum atomic E-state index is 4.56. The van der Waals surface area contributed by atoms with E-state index < -0.39 is 0 Å². The minimum atomic E-state index is 0.848. The average Bonchev–Trinajstić information content (AvgIpc) is 2.99. The van der Waals surface area contributed by atoms with E-state index in [4.69, 9.17) is 0 Å². The van der Waals surface area contributed by atoms with Crippen LogP contribution >= 0.6 is 23.5 Å². The highest BCUT2D eigenvalue weighted by Gasteiger charge is 2.20. The summed E-state index contributed by atoms with van der Waals surface area (Å²) in [6.45, 7) is 0.848.